The van der Waals surface area contributed by atoms with Crippen molar-refractivity contribution in [2.45, 2.75) is 33.0 Å². The molecule has 0 radical (unpaired) electrons. The fraction of sp³-hybridized carbons (Fsp3) is 0.600. The van der Waals surface area contributed by atoms with E-state index in [0.717, 1.165) is 32.0 Å². The third-order valence-electron chi connectivity index (χ3n) is 3.25. The zero-order valence-electron chi connectivity index (χ0n) is 11.6. The van der Waals surface area contributed by atoms with Crippen LogP contribution in [0.15, 0.2) is 24.3 Å². The lowest BCUT2D eigenvalue weighted by molar-refractivity contribution is -0.0699. The van der Waals surface area contributed by atoms with E-state index in [1.807, 2.05) is 18.2 Å². The van der Waals surface area contributed by atoms with Crippen molar-refractivity contribution in [1.29, 1.82) is 0 Å². The Hall–Kier alpha value is -1.06. The largest absolute Gasteiger partial charge is 0.492 e. The van der Waals surface area contributed by atoms with Crippen LogP contribution >= 0.6 is 0 Å². The molecule has 0 amide bonds. The standard InChI is InChI=1S/C15H23NO2/c1-12-6-4-5-7-15(12)17-9-8-16-10-13(2)18-14(3)11-16/h4-7,13-14H,8-11H2,1-3H3. The number of hydrogen-bond donors (Lipinski definition) is 0. The summed E-state index contributed by atoms with van der Waals surface area (Å²) in [5, 5.41) is 0. The summed E-state index contributed by atoms with van der Waals surface area (Å²) in [7, 11) is 0. The van der Waals surface area contributed by atoms with E-state index >= 15 is 0 Å². The molecule has 1 aromatic rings. The monoisotopic (exact) mass is 249 g/mol. The second kappa shape index (κ2) is 6.21. The summed E-state index contributed by atoms with van der Waals surface area (Å²) >= 11 is 0. The molecule has 0 bridgehead atoms. The van der Waals surface area contributed by atoms with Crippen LogP contribution in [0.1, 0.15) is 19.4 Å². The lowest BCUT2D eigenvalue weighted by Gasteiger charge is -2.35. The van der Waals surface area contributed by atoms with Crippen LogP contribution in [0.5, 0.6) is 5.75 Å². The van der Waals surface area contributed by atoms with E-state index in [1.54, 1.807) is 0 Å². The predicted molar refractivity (Wildman–Crippen MR) is 73.1 cm³/mol. The van der Waals surface area contributed by atoms with E-state index in [0.29, 0.717) is 12.2 Å². The highest BCUT2D eigenvalue weighted by Gasteiger charge is 2.21. The van der Waals surface area contributed by atoms with E-state index in [2.05, 4.69) is 31.7 Å². The average molecular weight is 249 g/mol. The van der Waals surface area contributed by atoms with Gasteiger partial charge in [0, 0.05) is 19.6 Å². The molecule has 100 valence electrons. The van der Waals surface area contributed by atoms with Gasteiger partial charge in [-0.1, -0.05) is 18.2 Å². The Morgan fingerprint density at radius 3 is 2.56 bits per heavy atom. The normalized spacial score (nSPS) is 25.1. The van der Waals surface area contributed by atoms with Crippen molar-refractivity contribution in [2.75, 3.05) is 26.2 Å². The van der Waals surface area contributed by atoms with Crippen LogP contribution in [0.4, 0.5) is 0 Å². The van der Waals surface area contributed by atoms with Gasteiger partial charge in [0.15, 0.2) is 0 Å². The van der Waals surface area contributed by atoms with Gasteiger partial charge in [-0.15, -0.1) is 0 Å². The molecule has 2 unspecified atom stereocenters. The Labute approximate surface area is 110 Å². The molecule has 18 heavy (non-hydrogen) atoms. The van der Waals surface area contributed by atoms with Gasteiger partial charge in [-0.2, -0.15) is 0 Å². The molecule has 3 nitrogen and oxygen atoms in total. The van der Waals surface area contributed by atoms with Gasteiger partial charge in [0.05, 0.1) is 12.2 Å². The molecule has 0 aliphatic carbocycles. The molecule has 1 saturated heterocycles. The van der Waals surface area contributed by atoms with Crippen molar-refractivity contribution in [3.8, 4) is 5.75 Å². The average Bonchev–Trinajstić information content (AvgIpc) is 2.30. The Balaban J connectivity index is 1.77. The first-order chi connectivity index (χ1) is 8.65. The highest BCUT2D eigenvalue weighted by Crippen LogP contribution is 2.16. The van der Waals surface area contributed by atoms with Crippen molar-refractivity contribution in [1.82, 2.24) is 4.90 Å². The van der Waals surface area contributed by atoms with Crippen LogP contribution in [0.2, 0.25) is 0 Å². The summed E-state index contributed by atoms with van der Waals surface area (Å²) < 4.78 is 11.5. The maximum atomic E-state index is 5.83. The molecule has 2 atom stereocenters. The molecule has 2 rings (SSSR count). The van der Waals surface area contributed by atoms with Crippen molar-refractivity contribution in [3.63, 3.8) is 0 Å². The van der Waals surface area contributed by atoms with Crippen molar-refractivity contribution in [2.24, 2.45) is 0 Å². The number of hydrogen-bond acceptors (Lipinski definition) is 3. The SMILES string of the molecule is Cc1ccccc1OCCN1CC(C)OC(C)C1. The number of rotatable bonds is 4. The minimum atomic E-state index is 0.326. The summed E-state index contributed by atoms with van der Waals surface area (Å²) in [6.45, 7) is 10.0. The third kappa shape index (κ3) is 3.72. The summed E-state index contributed by atoms with van der Waals surface area (Å²) in [5.74, 6) is 0.992. The summed E-state index contributed by atoms with van der Waals surface area (Å²) in [4.78, 5) is 2.41. The minimum Gasteiger partial charge on any atom is -0.492 e. The third-order valence-corrected chi connectivity index (χ3v) is 3.25. The van der Waals surface area contributed by atoms with Gasteiger partial charge in [0.2, 0.25) is 0 Å². The fourth-order valence-corrected chi connectivity index (χ4v) is 2.47. The summed E-state index contributed by atoms with van der Waals surface area (Å²) in [6.07, 6.45) is 0.652. The van der Waals surface area contributed by atoms with E-state index in [4.69, 9.17) is 9.47 Å². The van der Waals surface area contributed by atoms with E-state index in [9.17, 15) is 0 Å². The van der Waals surface area contributed by atoms with Crippen LogP contribution in [0.25, 0.3) is 0 Å². The number of para-hydroxylation sites is 1. The smallest absolute Gasteiger partial charge is 0.122 e. The van der Waals surface area contributed by atoms with Crippen molar-refractivity contribution >= 4 is 0 Å². The highest BCUT2D eigenvalue weighted by atomic mass is 16.5. The maximum absolute atomic E-state index is 5.83. The lowest BCUT2D eigenvalue weighted by Crippen LogP contribution is -2.46. The van der Waals surface area contributed by atoms with Crippen LogP contribution in [0.3, 0.4) is 0 Å². The van der Waals surface area contributed by atoms with E-state index in [1.165, 1.54) is 5.56 Å². The summed E-state index contributed by atoms with van der Waals surface area (Å²) in [5.41, 5.74) is 1.20. The van der Waals surface area contributed by atoms with Gasteiger partial charge in [-0.05, 0) is 32.4 Å². The number of ether oxygens (including phenoxy) is 2. The zero-order valence-corrected chi connectivity index (χ0v) is 11.6. The van der Waals surface area contributed by atoms with Gasteiger partial charge >= 0.3 is 0 Å². The molecule has 1 aliphatic heterocycles. The molecule has 0 spiro atoms. The minimum absolute atomic E-state index is 0.326. The molecule has 1 aromatic carbocycles. The molecule has 0 N–H and O–H groups in total. The molecule has 3 heteroatoms. The molecule has 0 saturated carbocycles. The lowest BCUT2D eigenvalue weighted by atomic mass is 10.2. The second-order valence-electron chi connectivity index (χ2n) is 5.13. The van der Waals surface area contributed by atoms with Crippen molar-refractivity contribution in [3.05, 3.63) is 29.8 Å². The van der Waals surface area contributed by atoms with E-state index < -0.39 is 0 Å². The van der Waals surface area contributed by atoms with Crippen LogP contribution in [0, 0.1) is 6.92 Å². The van der Waals surface area contributed by atoms with Crippen LogP contribution in [-0.2, 0) is 4.74 Å². The van der Waals surface area contributed by atoms with Gasteiger partial charge in [0.1, 0.15) is 12.4 Å². The molecule has 1 aliphatic rings. The Kier molecular flexibility index (Phi) is 4.61. The van der Waals surface area contributed by atoms with Gasteiger partial charge in [-0.3, -0.25) is 4.90 Å². The first kappa shape index (κ1) is 13.4. The molecular weight excluding hydrogens is 226 g/mol. The molecule has 1 heterocycles. The quantitative estimate of drug-likeness (QED) is 0.818. The first-order valence-corrected chi connectivity index (χ1v) is 6.71. The molecule has 0 aromatic heterocycles. The highest BCUT2D eigenvalue weighted by molar-refractivity contribution is 5.31. The number of benzene rings is 1. The Bertz CT molecular complexity index is 371. The van der Waals surface area contributed by atoms with Crippen molar-refractivity contribution < 1.29 is 9.47 Å². The van der Waals surface area contributed by atoms with Gasteiger partial charge in [0.25, 0.3) is 0 Å². The Morgan fingerprint density at radius 2 is 1.89 bits per heavy atom. The molecular formula is C15H23NO2. The van der Waals surface area contributed by atoms with Crippen LogP contribution in [-0.4, -0.2) is 43.3 Å². The fourth-order valence-electron chi connectivity index (χ4n) is 2.47. The second-order valence-corrected chi connectivity index (χ2v) is 5.13. The summed E-state index contributed by atoms with van der Waals surface area (Å²) in [6, 6.07) is 8.16. The van der Waals surface area contributed by atoms with Gasteiger partial charge < -0.3 is 9.47 Å². The van der Waals surface area contributed by atoms with E-state index in [-0.39, 0.29) is 0 Å². The zero-order chi connectivity index (χ0) is 13.0. The van der Waals surface area contributed by atoms with Crippen LogP contribution < -0.4 is 4.74 Å². The van der Waals surface area contributed by atoms with Gasteiger partial charge in [-0.25, -0.2) is 0 Å². The predicted octanol–water partition coefficient (Wildman–Crippen LogP) is 2.48. The molecule has 1 fully saturated rings. The number of morpholine rings is 1. The number of nitrogens with zero attached hydrogens (tertiary/aromatic N) is 1. The Morgan fingerprint density at radius 1 is 1.22 bits per heavy atom. The maximum Gasteiger partial charge on any atom is 0.122 e. The number of aryl methyl sites for hydroxylation is 1. The first-order valence-electron chi connectivity index (χ1n) is 6.71. The topological polar surface area (TPSA) is 21.7 Å².